The molecule has 7 heteroatoms. The molecule has 3 aromatic heterocycles. The predicted octanol–water partition coefficient (Wildman–Crippen LogP) is 3.72. The molecule has 0 spiro atoms. The summed E-state index contributed by atoms with van der Waals surface area (Å²) in [6.45, 7) is 4.09. The molecule has 3 heterocycles. The van der Waals surface area contributed by atoms with E-state index in [4.69, 9.17) is 0 Å². The second-order valence-corrected chi connectivity index (χ2v) is 6.43. The fourth-order valence-electron chi connectivity index (χ4n) is 2.82. The SMILES string of the molecule is CC(C)n1cnnc1-c1cccc(NC(=O)c2cc3ccccc3cn2)n1. The highest BCUT2D eigenvalue weighted by Crippen LogP contribution is 2.20. The van der Waals surface area contributed by atoms with Gasteiger partial charge in [0.2, 0.25) is 0 Å². The fraction of sp³-hybridized carbons (Fsp3) is 0.150. The van der Waals surface area contributed by atoms with Crippen molar-refractivity contribution in [1.29, 1.82) is 0 Å². The third-order valence-electron chi connectivity index (χ3n) is 4.21. The Hall–Kier alpha value is -3.61. The van der Waals surface area contributed by atoms with Gasteiger partial charge in [-0.05, 0) is 37.4 Å². The van der Waals surface area contributed by atoms with Crippen molar-refractivity contribution in [3.63, 3.8) is 0 Å². The molecule has 0 unspecified atom stereocenters. The van der Waals surface area contributed by atoms with Crippen molar-refractivity contribution in [2.24, 2.45) is 0 Å². The topological polar surface area (TPSA) is 85.6 Å². The van der Waals surface area contributed by atoms with Crippen molar-refractivity contribution in [2.45, 2.75) is 19.9 Å². The molecule has 1 N–H and O–H groups in total. The average Bonchev–Trinajstić information content (AvgIpc) is 3.18. The second kappa shape index (κ2) is 6.95. The van der Waals surface area contributed by atoms with Gasteiger partial charge in [0, 0.05) is 17.6 Å². The summed E-state index contributed by atoms with van der Waals surface area (Å²) in [5.41, 5.74) is 0.983. The Labute approximate surface area is 156 Å². The van der Waals surface area contributed by atoms with E-state index in [0.29, 0.717) is 23.0 Å². The number of fused-ring (bicyclic) bond motifs is 1. The van der Waals surface area contributed by atoms with Crippen molar-refractivity contribution < 1.29 is 4.79 Å². The Balaban J connectivity index is 1.60. The van der Waals surface area contributed by atoms with Gasteiger partial charge in [-0.3, -0.25) is 9.78 Å². The fourth-order valence-corrected chi connectivity index (χ4v) is 2.82. The normalized spacial score (nSPS) is 11.1. The minimum Gasteiger partial charge on any atom is -0.310 e. The first kappa shape index (κ1) is 16.8. The van der Waals surface area contributed by atoms with Gasteiger partial charge in [-0.15, -0.1) is 10.2 Å². The largest absolute Gasteiger partial charge is 0.310 e. The number of anilines is 1. The molecular weight excluding hydrogens is 340 g/mol. The number of amides is 1. The van der Waals surface area contributed by atoms with Gasteiger partial charge in [-0.2, -0.15) is 0 Å². The molecule has 0 bridgehead atoms. The summed E-state index contributed by atoms with van der Waals surface area (Å²) < 4.78 is 1.93. The Morgan fingerprint density at radius 2 is 1.89 bits per heavy atom. The lowest BCUT2D eigenvalue weighted by atomic mass is 10.1. The Morgan fingerprint density at radius 1 is 1.07 bits per heavy atom. The van der Waals surface area contributed by atoms with Gasteiger partial charge >= 0.3 is 0 Å². The maximum absolute atomic E-state index is 12.6. The molecule has 0 atom stereocenters. The molecule has 4 rings (SSSR count). The molecule has 0 aliphatic heterocycles. The molecule has 0 fully saturated rings. The third-order valence-corrected chi connectivity index (χ3v) is 4.21. The summed E-state index contributed by atoms with van der Waals surface area (Å²) in [7, 11) is 0. The molecule has 1 aromatic carbocycles. The summed E-state index contributed by atoms with van der Waals surface area (Å²) in [5, 5.41) is 12.9. The van der Waals surface area contributed by atoms with Crippen LogP contribution in [0.5, 0.6) is 0 Å². The molecule has 0 saturated carbocycles. The van der Waals surface area contributed by atoms with E-state index in [1.807, 2.05) is 54.8 Å². The standard InChI is InChI=1S/C20H18N6O/c1-13(2)26-12-22-25-19(26)16-8-5-9-18(23-16)24-20(27)17-10-14-6-3-4-7-15(14)11-21-17/h3-13H,1-2H3,(H,23,24,27). The van der Waals surface area contributed by atoms with Crippen molar-refractivity contribution in [3.05, 3.63) is 66.7 Å². The zero-order chi connectivity index (χ0) is 18.8. The van der Waals surface area contributed by atoms with Crippen LogP contribution in [0.25, 0.3) is 22.3 Å². The summed E-state index contributed by atoms with van der Waals surface area (Å²) in [4.78, 5) is 21.3. The van der Waals surface area contributed by atoms with E-state index >= 15 is 0 Å². The number of nitrogens with zero attached hydrogens (tertiary/aromatic N) is 5. The lowest BCUT2D eigenvalue weighted by Crippen LogP contribution is -2.15. The van der Waals surface area contributed by atoms with Crippen LogP contribution < -0.4 is 5.32 Å². The van der Waals surface area contributed by atoms with Crippen LogP contribution in [-0.2, 0) is 0 Å². The monoisotopic (exact) mass is 358 g/mol. The van der Waals surface area contributed by atoms with Crippen LogP contribution >= 0.6 is 0 Å². The number of hydrogen-bond acceptors (Lipinski definition) is 5. The van der Waals surface area contributed by atoms with Crippen molar-refractivity contribution >= 4 is 22.5 Å². The summed E-state index contributed by atoms with van der Waals surface area (Å²) >= 11 is 0. The molecule has 0 aliphatic rings. The highest BCUT2D eigenvalue weighted by molar-refractivity contribution is 6.04. The van der Waals surface area contributed by atoms with Crippen LogP contribution in [0.2, 0.25) is 0 Å². The first-order valence-corrected chi connectivity index (χ1v) is 8.65. The molecular formula is C20H18N6O. The first-order chi connectivity index (χ1) is 13.1. The number of pyridine rings is 2. The Kier molecular flexibility index (Phi) is 4.33. The van der Waals surface area contributed by atoms with E-state index in [1.54, 1.807) is 24.7 Å². The van der Waals surface area contributed by atoms with E-state index in [2.05, 4.69) is 25.5 Å². The van der Waals surface area contributed by atoms with Crippen LogP contribution in [0.4, 0.5) is 5.82 Å². The molecule has 27 heavy (non-hydrogen) atoms. The molecule has 1 amide bonds. The maximum Gasteiger partial charge on any atom is 0.275 e. The van der Waals surface area contributed by atoms with Crippen molar-refractivity contribution in [1.82, 2.24) is 24.7 Å². The smallest absolute Gasteiger partial charge is 0.275 e. The third kappa shape index (κ3) is 3.39. The maximum atomic E-state index is 12.6. The van der Waals surface area contributed by atoms with Crippen LogP contribution in [0.3, 0.4) is 0 Å². The van der Waals surface area contributed by atoms with Gasteiger partial charge in [0.05, 0.1) is 0 Å². The van der Waals surface area contributed by atoms with Crippen LogP contribution in [0, 0.1) is 0 Å². The second-order valence-electron chi connectivity index (χ2n) is 6.43. The summed E-state index contributed by atoms with van der Waals surface area (Å²) in [6, 6.07) is 15.2. The molecule has 4 aromatic rings. The first-order valence-electron chi connectivity index (χ1n) is 8.65. The molecule has 0 radical (unpaired) electrons. The number of carbonyl (C=O) groups excluding carboxylic acids is 1. The van der Waals surface area contributed by atoms with Crippen molar-refractivity contribution in [2.75, 3.05) is 5.32 Å². The van der Waals surface area contributed by atoms with E-state index in [1.165, 1.54) is 0 Å². The van der Waals surface area contributed by atoms with Crippen LogP contribution in [0.15, 0.2) is 61.1 Å². The molecule has 0 saturated heterocycles. The quantitative estimate of drug-likeness (QED) is 0.601. The van der Waals surface area contributed by atoms with Gasteiger partial charge in [-0.1, -0.05) is 30.3 Å². The van der Waals surface area contributed by atoms with Gasteiger partial charge in [0.15, 0.2) is 5.82 Å². The number of aromatic nitrogens is 5. The predicted molar refractivity (Wildman–Crippen MR) is 103 cm³/mol. The minimum absolute atomic E-state index is 0.205. The van der Waals surface area contributed by atoms with Gasteiger partial charge in [-0.25, -0.2) is 4.98 Å². The Morgan fingerprint density at radius 3 is 2.70 bits per heavy atom. The number of nitrogens with one attached hydrogen (secondary N) is 1. The van der Waals surface area contributed by atoms with E-state index in [0.717, 1.165) is 10.8 Å². The van der Waals surface area contributed by atoms with E-state index in [-0.39, 0.29) is 11.9 Å². The number of carbonyl (C=O) groups is 1. The van der Waals surface area contributed by atoms with Gasteiger partial charge in [0.1, 0.15) is 23.5 Å². The zero-order valence-corrected chi connectivity index (χ0v) is 15.0. The lowest BCUT2D eigenvalue weighted by Gasteiger charge is -2.10. The molecule has 0 aliphatic carbocycles. The van der Waals surface area contributed by atoms with Gasteiger partial charge < -0.3 is 9.88 Å². The number of hydrogen-bond donors (Lipinski definition) is 1. The summed E-state index contributed by atoms with van der Waals surface area (Å²) in [6.07, 6.45) is 3.37. The number of rotatable bonds is 4. The Bertz CT molecular complexity index is 1120. The van der Waals surface area contributed by atoms with E-state index in [9.17, 15) is 4.79 Å². The highest BCUT2D eigenvalue weighted by atomic mass is 16.1. The van der Waals surface area contributed by atoms with E-state index < -0.39 is 0 Å². The lowest BCUT2D eigenvalue weighted by molar-refractivity contribution is 0.102. The van der Waals surface area contributed by atoms with Crippen molar-refractivity contribution in [3.8, 4) is 11.5 Å². The van der Waals surface area contributed by atoms with Crippen LogP contribution in [0.1, 0.15) is 30.4 Å². The number of benzene rings is 1. The molecule has 7 nitrogen and oxygen atoms in total. The minimum atomic E-state index is -0.310. The zero-order valence-electron chi connectivity index (χ0n) is 15.0. The molecule has 134 valence electrons. The summed E-state index contributed by atoms with van der Waals surface area (Å²) in [5.74, 6) is 0.784. The average molecular weight is 358 g/mol. The van der Waals surface area contributed by atoms with Gasteiger partial charge in [0.25, 0.3) is 5.91 Å². The highest BCUT2D eigenvalue weighted by Gasteiger charge is 2.13. The van der Waals surface area contributed by atoms with Crippen LogP contribution in [-0.4, -0.2) is 30.6 Å².